The molecule has 3 aliphatic rings. The van der Waals surface area contributed by atoms with E-state index in [4.69, 9.17) is 5.11 Å². The molecule has 0 radical (unpaired) electrons. The molecule has 0 aromatic rings. The van der Waals surface area contributed by atoms with Gasteiger partial charge in [0.1, 0.15) is 0 Å². The number of hydrogen-bond acceptors (Lipinski definition) is 3. The van der Waals surface area contributed by atoms with Gasteiger partial charge in [-0.1, -0.05) is 58.8 Å². The molecule has 0 aromatic carbocycles. The van der Waals surface area contributed by atoms with Crippen LogP contribution in [0.25, 0.3) is 0 Å². The van der Waals surface area contributed by atoms with E-state index < -0.39 is 12.1 Å². The summed E-state index contributed by atoms with van der Waals surface area (Å²) in [6.45, 7) is 15.7. The van der Waals surface area contributed by atoms with E-state index in [1.807, 2.05) is 0 Å². The lowest BCUT2D eigenvalue weighted by atomic mass is 9.47. The predicted octanol–water partition coefficient (Wildman–Crippen LogP) is 6.90. The molecular formula is C30H50O4. The molecule has 3 N–H and O–H groups in total. The van der Waals surface area contributed by atoms with Crippen molar-refractivity contribution in [3.63, 3.8) is 0 Å². The van der Waals surface area contributed by atoms with Gasteiger partial charge in [-0.3, -0.25) is 0 Å². The van der Waals surface area contributed by atoms with Gasteiger partial charge in [-0.05, 0) is 105 Å². The molecular weight excluding hydrogens is 424 g/mol. The predicted molar refractivity (Wildman–Crippen MR) is 138 cm³/mol. The number of rotatable bonds is 9. The SMILES string of the molecule is CC[C@@H](O)CC[C@]1(C)C2=C(CCC1C)[C@]1(C)CCC([C@H](C)C(O)C/C=C(\C)C(=O)O)[C@@]1(C)CC2. The number of allylic oxidation sites excluding steroid dienone is 2. The molecule has 0 amide bonds. The average Bonchev–Trinajstić information content (AvgIpc) is 3.08. The van der Waals surface area contributed by atoms with Gasteiger partial charge >= 0.3 is 5.97 Å². The van der Waals surface area contributed by atoms with Gasteiger partial charge in [-0.15, -0.1) is 0 Å². The highest BCUT2D eigenvalue weighted by atomic mass is 16.4. The molecule has 4 heteroatoms. The molecule has 1 fully saturated rings. The molecule has 0 aliphatic heterocycles. The maximum Gasteiger partial charge on any atom is 0.330 e. The van der Waals surface area contributed by atoms with Gasteiger partial charge in [0.05, 0.1) is 12.2 Å². The molecule has 194 valence electrons. The monoisotopic (exact) mass is 474 g/mol. The molecule has 3 aliphatic carbocycles. The molecule has 4 nitrogen and oxygen atoms in total. The van der Waals surface area contributed by atoms with Crippen LogP contribution in [0.5, 0.6) is 0 Å². The Kier molecular flexibility index (Phi) is 8.15. The summed E-state index contributed by atoms with van der Waals surface area (Å²) in [7, 11) is 0. The molecule has 0 aromatic heterocycles. The van der Waals surface area contributed by atoms with E-state index in [0.29, 0.717) is 23.8 Å². The van der Waals surface area contributed by atoms with Gasteiger partial charge in [-0.2, -0.15) is 0 Å². The third-order valence-corrected chi connectivity index (χ3v) is 11.3. The highest BCUT2D eigenvalue weighted by Crippen LogP contribution is 2.70. The minimum Gasteiger partial charge on any atom is -0.478 e. The van der Waals surface area contributed by atoms with Gasteiger partial charge < -0.3 is 15.3 Å². The van der Waals surface area contributed by atoms with E-state index in [9.17, 15) is 15.0 Å². The highest BCUT2D eigenvalue weighted by molar-refractivity contribution is 5.85. The minimum absolute atomic E-state index is 0.139. The van der Waals surface area contributed by atoms with Gasteiger partial charge in [0, 0.05) is 5.57 Å². The number of fused-ring (bicyclic) bond motifs is 2. The topological polar surface area (TPSA) is 77.8 Å². The summed E-state index contributed by atoms with van der Waals surface area (Å²) in [5.41, 5.74) is 4.21. The standard InChI is InChI=1S/C30H50O4/c1-8-22(31)13-16-28(5)20(3)10-11-25-24(28)15-18-29(6)23(14-17-30(25,29)7)21(4)26(32)12-9-19(2)27(33)34/h9,20-23,26,31-32H,8,10-18H2,1-7H3,(H,33,34)/b19-9+/t20?,21-,22+,23?,26?,28-,29+,30-/m0/s1. The Morgan fingerprint density at radius 3 is 2.41 bits per heavy atom. The molecule has 3 unspecified atom stereocenters. The van der Waals surface area contributed by atoms with Crippen molar-refractivity contribution in [2.45, 2.75) is 125 Å². The zero-order valence-corrected chi connectivity index (χ0v) is 22.8. The maximum absolute atomic E-state index is 11.2. The Hall–Kier alpha value is -1.13. The zero-order valence-electron chi connectivity index (χ0n) is 22.8. The highest BCUT2D eigenvalue weighted by Gasteiger charge is 2.61. The van der Waals surface area contributed by atoms with Crippen molar-refractivity contribution in [1.29, 1.82) is 0 Å². The third-order valence-electron chi connectivity index (χ3n) is 11.3. The number of aliphatic carboxylic acids is 1. The summed E-state index contributed by atoms with van der Waals surface area (Å²) in [6, 6.07) is 0. The first-order valence-electron chi connectivity index (χ1n) is 13.8. The lowest BCUT2D eigenvalue weighted by Crippen LogP contribution is -2.48. The van der Waals surface area contributed by atoms with E-state index in [1.165, 1.54) is 19.3 Å². The summed E-state index contributed by atoms with van der Waals surface area (Å²) >= 11 is 0. The smallest absolute Gasteiger partial charge is 0.330 e. The quantitative estimate of drug-likeness (QED) is 0.251. The van der Waals surface area contributed by atoms with E-state index in [2.05, 4.69) is 41.5 Å². The van der Waals surface area contributed by atoms with Crippen molar-refractivity contribution in [1.82, 2.24) is 0 Å². The van der Waals surface area contributed by atoms with Gasteiger partial charge in [0.2, 0.25) is 0 Å². The van der Waals surface area contributed by atoms with Crippen LogP contribution in [0.4, 0.5) is 0 Å². The lowest BCUT2D eigenvalue weighted by molar-refractivity contribution is -0.132. The molecule has 3 rings (SSSR count). The molecule has 0 heterocycles. The van der Waals surface area contributed by atoms with Crippen LogP contribution >= 0.6 is 0 Å². The first-order valence-corrected chi connectivity index (χ1v) is 13.8. The normalized spacial score (nSPS) is 38.8. The first-order chi connectivity index (χ1) is 15.8. The lowest BCUT2D eigenvalue weighted by Gasteiger charge is -2.57. The van der Waals surface area contributed by atoms with Crippen molar-refractivity contribution in [2.24, 2.45) is 34.0 Å². The second kappa shape index (κ2) is 10.1. The fourth-order valence-electron chi connectivity index (χ4n) is 8.10. The van der Waals surface area contributed by atoms with Crippen LogP contribution in [0.15, 0.2) is 22.8 Å². The zero-order chi connectivity index (χ0) is 25.5. The van der Waals surface area contributed by atoms with E-state index >= 15 is 0 Å². The molecule has 34 heavy (non-hydrogen) atoms. The Labute approximate surface area is 207 Å². The fourth-order valence-corrected chi connectivity index (χ4v) is 8.10. The van der Waals surface area contributed by atoms with Crippen LogP contribution in [-0.4, -0.2) is 33.5 Å². The van der Waals surface area contributed by atoms with Crippen molar-refractivity contribution in [2.75, 3.05) is 0 Å². The molecule has 0 saturated heterocycles. The summed E-state index contributed by atoms with van der Waals surface area (Å²) in [5.74, 6) is 0.312. The Morgan fingerprint density at radius 2 is 1.79 bits per heavy atom. The van der Waals surface area contributed by atoms with Crippen molar-refractivity contribution < 1.29 is 20.1 Å². The van der Waals surface area contributed by atoms with Crippen LogP contribution in [0.1, 0.15) is 113 Å². The van der Waals surface area contributed by atoms with Crippen LogP contribution in [0.3, 0.4) is 0 Å². The summed E-state index contributed by atoms with van der Waals surface area (Å²) in [6.07, 6.45) is 11.2. The van der Waals surface area contributed by atoms with Crippen molar-refractivity contribution in [3.05, 3.63) is 22.8 Å². The number of carbonyl (C=O) groups is 1. The third kappa shape index (κ3) is 4.54. The second-order valence-electron chi connectivity index (χ2n) is 12.7. The maximum atomic E-state index is 11.2. The average molecular weight is 475 g/mol. The number of aliphatic hydroxyl groups excluding tert-OH is 2. The van der Waals surface area contributed by atoms with Crippen LogP contribution in [0, 0.1) is 34.0 Å². The minimum atomic E-state index is -0.909. The number of carboxylic acid groups (broad SMARTS) is 1. The van der Waals surface area contributed by atoms with E-state index in [-0.39, 0.29) is 28.3 Å². The van der Waals surface area contributed by atoms with Gasteiger partial charge in [-0.25, -0.2) is 4.79 Å². The summed E-state index contributed by atoms with van der Waals surface area (Å²) < 4.78 is 0. The number of hydrogen-bond donors (Lipinski definition) is 3. The Bertz CT molecular complexity index is 828. The number of aliphatic hydroxyl groups is 2. The summed E-state index contributed by atoms with van der Waals surface area (Å²) in [5, 5.41) is 30.5. The molecule has 8 atom stereocenters. The van der Waals surface area contributed by atoms with Gasteiger partial charge in [0.25, 0.3) is 0 Å². The number of carboxylic acids is 1. The largest absolute Gasteiger partial charge is 0.478 e. The fraction of sp³-hybridized carbons (Fsp3) is 0.833. The van der Waals surface area contributed by atoms with Crippen LogP contribution in [-0.2, 0) is 4.79 Å². The summed E-state index contributed by atoms with van der Waals surface area (Å²) in [4.78, 5) is 11.2. The van der Waals surface area contributed by atoms with Crippen LogP contribution < -0.4 is 0 Å². The second-order valence-corrected chi connectivity index (χ2v) is 12.7. The molecule has 1 saturated carbocycles. The van der Waals surface area contributed by atoms with Gasteiger partial charge in [0.15, 0.2) is 0 Å². The van der Waals surface area contributed by atoms with Crippen molar-refractivity contribution in [3.8, 4) is 0 Å². The first kappa shape index (κ1) is 27.5. The van der Waals surface area contributed by atoms with Crippen LogP contribution in [0.2, 0.25) is 0 Å². The molecule has 0 bridgehead atoms. The van der Waals surface area contributed by atoms with E-state index in [1.54, 1.807) is 24.1 Å². The van der Waals surface area contributed by atoms with Crippen molar-refractivity contribution >= 4 is 5.97 Å². The van der Waals surface area contributed by atoms with E-state index in [0.717, 1.165) is 38.5 Å². The molecule has 0 spiro atoms. The Morgan fingerprint density at radius 1 is 1.12 bits per heavy atom. The Balaban J connectivity index is 1.88.